The fourth-order valence-corrected chi connectivity index (χ4v) is 3.14. The van der Waals surface area contributed by atoms with Gasteiger partial charge in [-0.05, 0) is 38.5 Å². The second kappa shape index (κ2) is 14.0. The summed E-state index contributed by atoms with van der Waals surface area (Å²) in [4.78, 5) is 11.8. The van der Waals surface area contributed by atoms with Crippen molar-refractivity contribution in [2.45, 2.75) is 109 Å². The monoisotopic (exact) mass is 308 g/mol. The standard InChI is InChI=1S/C20H36O2/c21-19-17-15-13-11-9-7-5-3-1-2-4-6-8-10-12-14-16-18-20(19)22/h1,3,19,21H,2,4-18H2/b3-1-. The van der Waals surface area contributed by atoms with E-state index in [0.29, 0.717) is 12.8 Å². The molecule has 0 spiro atoms. The minimum absolute atomic E-state index is 0.0690. The van der Waals surface area contributed by atoms with Crippen LogP contribution in [0.2, 0.25) is 0 Å². The molecule has 1 N–H and O–H groups in total. The van der Waals surface area contributed by atoms with E-state index in [4.69, 9.17) is 0 Å². The van der Waals surface area contributed by atoms with Crippen LogP contribution in [0.15, 0.2) is 12.2 Å². The molecule has 1 atom stereocenters. The number of hydrogen-bond acceptors (Lipinski definition) is 2. The van der Waals surface area contributed by atoms with Crippen LogP contribution >= 0.6 is 0 Å². The number of rotatable bonds is 0. The van der Waals surface area contributed by atoms with Gasteiger partial charge >= 0.3 is 0 Å². The van der Waals surface area contributed by atoms with E-state index in [0.717, 1.165) is 25.7 Å². The fraction of sp³-hybridized carbons (Fsp3) is 0.850. The van der Waals surface area contributed by atoms with Gasteiger partial charge in [0, 0.05) is 6.42 Å². The molecule has 1 aliphatic rings. The number of ketones is 1. The molecule has 0 aromatic heterocycles. The Kier molecular flexibility index (Phi) is 12.4. The fourth-order valence-electron chi connectivity index (χ4n) is 3.14. The van der Waals surface area contributed by atoms with E-state index in [1.54, 1.807) is 0 Å². The zero-order chi connectivity index (χ0) is 15.9. The lowest BCUT2D eigenvalue weighted by atomic mass is 10.0. The molecule has 0 amide bonds. The van der Waals surface area contributed by atoms with Gasteiger partial charge in [-0.25, -0.2) is 0 Å². The number of carbonyl (C=O) groups is 1. The maximum atomic E-state index is 11.8. The van der Waals surface area contributed by atoms with Gasteiger partial charge < -0.3 is 5.11 Å². The van der Waals surface area contributed by atoms with Gasteiger partial charge in [0.05, 0.1) is 0 Å². The van der Waals surface area contributed by atoms with E-state index in [1.165, 1.54) is 64.2 Å². The maximum absolute atomic E-state index is 11.8. The molecule has 0 radical (unpaired) electrons. The van der Waals surface area contributed by atoms with Gasteiger partial charge in [0.1, 0.15) is 6.10 Å². The van der Waals surface area contributed by atoms with E-state index in [2.05, 4.69) is 12.2 Å². The third-order valence-corrected chi connectivity index (χ3v) is 4.68. The Bertz CT molecular complexity index is 296. The zero-order valence-corrected chi connectivity index (χ0v) is 14.4. The predicted molar refractivity (Wildman–Crippen MR) is 94.0 cm³/mol. The SMILES string of the molecule is O=C1CCCCCCCCC/C=C\CCCCCCCC1O. The molecule has 0 bridgehead atoms. The van der Waals surface area contributed by atoms with Crippen LogP contribution in [0, 0.1) is 0 Å². The highest BCUT2D eigenvalue weighted by Gasteiger charge is 2.13. The lowest BCUT2D eigenvalue weighted by molar-refractivity contribution is -0.127. The van der Waals surface area contributed by atoms with Gasteiger partial charge in [-0.3, -0.25) is 4.79 Å². The third-order valence-electron chi connectivity index (χ3n) is 4.68. The summed E-state index contributed by atoms with van der Waals surface area (Å²) >= 11 is 0. The number of aliphatic hydroxyl groups is 1. The quantitative estimate of drug-likeness (QED) is 0.580. The number of hydrogen-bond donors (Lipinski definition) is 1. The Balaban J connectivity index is 2.23. The van der Waals surface area contributed by atoms with Crippen LogP contribution in [-0.2, 0) is 4.79 Å². The van der Waals surface area contributed by atoms with Crippen molar-refractivity contribution in [2.24, 2.45) is 0 Å². The third kappa shape index (κ3) is 11.0. The van der Waals surface area contributed by atoms with Crippen molar-refractivity contribution in [3.05, 3.63) is 12.2 Å². The first-order valence-corrected chi connectivity index (χ1v) is 9.66. The normalized spacial score (nSPS) is 27.1. The van der Waals surface area contributed by atoms with Gasteiger partial charge in [0.15, 0.2) is 5.78 Å². The van der Waals surface area contributed by atoms with Crippen molar-refractivity contribution in [1.29, 1.82) is 0 Å². The van der Waals surface area contributed by atoms with Crippen LogP contribution in [-0.4, -0.2) is 17.0 Å². The molecule has 0 saturated carbocycles. The molecule has 128 valence electrons. The van der Waals surface area contributed by atoms with E-state index >= 15 is 0 Å². The second-order valence-corrected chi connectivity index (χ2v) is 6.81. The average Bonchev–Trinajstić information content (AvgIpc) is 2.52. The molecular formula is C20H36O2. The summed E-state index contributed by atoms with van der Waals surface area (Å²) in [6.07, 6.45) is 22.2. The summed E-state index contributed by atoms with van der Waals surface area (Å²) in [5.41, 5.74) is 0. The second-order valence-electron chi connectivity index (χ2n) is 6.81. The van der Waals surface area contributed by atoms with E-state index < -0.39 is 6.10 Å². The number of carbonyl (C=O) groups excluding carboxylic acids is 1. The predicted octanol–water partition coefficient (Wildman–Crippen LogP) is 5.73. The van der Waals surface area contributed by atoms with Gasteiger partial charge in [-0.1, -0.05) is 69.9 Å². The van der Waals surface area contributed by atoms with Crippen LogP contribution in [0.1, 0.15) is 103 Å². The number of aliphatic hydroxyl groups excluding tert-OH is 1. The summed E-state index contributed by atoms with van der Waals surface area (Å²) in [7, 11) is 0. The van der Waals surface area contributed by atoms with E-state index in [9.17, 15) is 9.90 Å². The largest absolute Gasteiger partial charge is 0.385 e. The lowest BCUT2D eigenvalue weighted by Crippen LogP contribution is -2.19. The maximum Gasteiger partial charge on any atom is 0.161 e. The zero-order valence-electron chi connectivity index (χ0n) is 14.4. The number of Topliss-reactive ketones (excluding diaryl/α,β-unsaturated/α-hetero) is 1. The molecule has 0 aromatic rings. The average molecular weight is 309 g/mol. The smallest absolute Gasteiger partial charge is 0.161 e. The van der Waals surface area contributed by atoms with E-state index in [-0.39, 0.29) is 5.78 Å². The summed E-state index contributed by atoms with van der Waals surface area (Å²) in [6.45, 7) is 0. The van der Waals surface area contributed by atoms with Gasteiger partial charge in [0.2, 0.25) is 0 Å². The molecule has 0 saturated heterocycles. The summed E-state index contributed by atoms with van der Waals surface area (Å²) in [5, 5.41) is 9.88. The van der Waals surface area contributed by atoms with Gasteiger partial charge in [0.25, 0.3) is 0 Å². The van der Waals surface area contributed by atoms with Crippen LogP contribution < -0.4 is 0 Å². The molecule has 0 fully saturated rings. The van der Waals surface area contributed by atoms with Gasteiger partial charge in [-0.2, -0.15) is 0 Å². The van der Waals surface area contributed by atoms with Crippen LogP contribution in [0.5, 0.6) is 0 Å². The molecule has 0 aromatic carbocycles. The molecule has 1 unspecified atom stereocenters. The Morgan fingerprint density at radius 1 is 0.682 bits per heavy atom. The molecule has 0 aliphatic heterocycles. The Labute approximate surface area is 137 Å². The molecule has 2 nitrogen and oxygen atoms in total. The summed E-state index contributed by atoms with van der Waals surface area (Å²) in [5.74, 6) is 0.0690. The molecule has 22 heavy (non-hydrogen) atoms. The summed E-state index contributed by atoms with van der Waals surface area (Å²) < 4.78 is 0. The van der Waals surface area contributed by atoms with Crippen molar-refractivity contribution >= 4 is 5.78 Å². The first kappa shape index (κ1) is 19.4. The highest BCUT2D eigenvalue weighted by atomic mass is 16.3. The van der Waals surface area contributed by atoms with Crippen LogP contribution in [0.25, 0.3) is 0 Å². The molecule has 2 heteroatoms. The van der Waals surface area contributed by atoms with Crippen molar-refractivity contribution in [1.82, 2.24) is 0 Å². The molecule has 1 aliphatic carbocycles. The molecule has 0 heterocycles. The Morgan fingerprint density at radius 2 is 1.14 bits per heavy atom. The molecular weight excluding hydrogens is 272 g/mol. The minimum atomic E-state index is -0.700. The van der Waals surface area contributed by atoms with Crippen molar-refractivity contribution in [3.63, 3.8) is 0 Å². The number of allylic oxidation sites excluding steroid dienone is 2. The summed E-state index contributed by atoms with van der Waals surface area (Å²) in [6, 6.07) is 0. The highest BCUT2D eigenvalue weighted by Crippen LogP contribution is 2.14. The Hall–Kier alpha value is -0.630. The lowest BCUT2D eigenvalue weighted by Gasteiger charge is -2.09. The topological polar surface area (TPSA) is 37.3 Å². The minimum Gasteiger partial charge on any atom is -0.385 e. The van der Waals surface area contributed by atoms with E-state index in [1.807, 2.05) is 0 Å². The van der Waals surface area contributed by atoms with Crippen molar-refractivity contribution in [3.8, 4) is 0 Å². The van der Waals surface area contributed by atoms with Gasteiger partial charge in [-0.15, -0.1) is 0 Å². The van der Waals surface area contributed by atoms with Crippen LogP contribution in [0.3, 0.4) is 0 Å². The van der Waals surface area contributed by atoms with Crippen molar-refractivity contribution < 1.29 is 9.90 Å². The first-order chi connectivity index (χ1) is 10.8. The molecule has 1 rings (SSSR count). The Morgan fingerprint density at radius 3 is 1.73 bits per heavy atom. The first-order valence-electron chi connectivity index (χ1n) is 9.66. The van der Waals surface area contributed by atoms with Crippen LogP contribution in [0.4, 0.5) is 0 Å². The van der Waals surface area contributed by atoms with Crippen molar-refractivity contribution in [2.75, 3.05) is 0 Å². The highest BCUT2D eigenvalue weighted by molar-refractivity contribution is 5.82.